The van der Waals surface area contributed by atoms with Crippen LogP contribution < -0.4 is 10.9 Å². The second-order valence-electron chi connectivity index (χ2n) is 13.4. The Bertz CT molecular complexity index is 1700. The van der Waals surface area contributed by atoms with E-state index in [0.29, 0.717) is 6.54 Å². The van der Waals surface area contributed by atoms with E-state index in [2.05, 4.69) is 31.2 Å². The summed E-state index contributed by atoms with van der Waals surface area (Å²) in [6, 6.07) is 26.8. The minimum atomic E-state index is -0.835. The maximum atomic E-state index is 14.0. The Balaban J connectivity index is 1.39. The van der Waals surface area contributed by atoms with Gasteiger partial charge in [0.15, 0.2) is 0 Å². The van der Waals surface area contributed by atoms with Gasteiger partial charge in [-0.1, -0.05) is 100 Å². The first-order chi connectivity index (χ1) is 21.5. The molecule has 2 unspecified atom stereocenters. The Morgan fingerprint density at radius 1 is 0.933 bits per heavy atom. The standard InChI is InChI=1S/C38H43N3O4/c1-25-30(31(23-35(43)44)38(2,3)4)15-10-16-32(25)39-37(45)36(28-13-8-9-14-28)29-19-17-26(18-20-29)24-41-34(42)22-21-33(40-41)27-11-6-5-7-12-27/h5-7,10-12,15-22,28,31,36H,8-9,13-14,23-24H2,1-4H3,(H,39,45)(H,43,44). The lowest BCUT2D eigenvalue weighted by Gasteiger charge is -2.32. The first kappa shape index (κ1) is 31.9. The Labute approximate surface area is 265 Å². The zero-order valence-electron chi connectivity index (χ0n) is 26.6. The topological polar surface area (TPSA) is 101 Å². The molecular formula is C38H43N3O4. The average molecular weight is 606 g/mol. The van der Waals surface area contributed by atoms with Crippen molar-refractivity contribution in [3.8, 4) is 11.3 Å². The molecule has 0 bridgehead atoms. The van der Waals surface area contributed by atoms with Crippen LogP contribution in [-0.2, 0) is 16.1 Å². The molecule has 0 radical (unpaired) electrons. The molecule has 0 aliphatic heterocycles. The fourth-order valence-electron chi connectivity index (χ4n) is 6.69. The molecule has 1 aromatic heterocycles. The maximum absolute atomic E-state index is 14.0. The van der Waals surface area contributed by atoms with Crippen LogP contribution in [0.1, 0.15) is 87.0 Å². The number of carbonyl (C=O) groups is 2. The van der Waals surface area contributed by atoms with E-state index in [1.807, 2.05) is 79.7 Å². The number of carbonyl (C=O) groups excluding carboxylic acids is 1. The van der Waals surface area contributed by atoms with Gasteiger partial charge in [0.05, 0.1) is 24.6 Å². The van der Waals surface area contributed by atoms with Gasteiger partial charge in [-0.2, -0.15) is 5.10 Å². The van der Waals surface area contributed by atoms with Crippen molar-refractivity contribution < 1.29 is 14.7 Å². The first-order valence-electron chi connectivity index (χ1n) is 15.9. The Kier molecular flexibility index (Phi) is 9.66. The molecule has 5 rings (SSSR count). The Morgan fingerprint density at radius 2 is 1.62 bits per heavy atom. The van der Waals surface area contributed by atoms with Gasteiger partial charge in [0.2, 0.25) is 5.91 Å². The van der Waals surface area contributed by atoms with Crippen molar-refractivity contribution in [1.29, 1.82) is 0 Å². The number of rotatable bonds is 10. The summed E-state index contributed by atoms with van der Waals surface area (Å²) in [5, 5.41) is 17.4. The lowest BCUT2D eigenvalue weighted by atomic mass is 9.73. The number of nitrogens with zero attached hydrogens (tertiary/aromatic N) is 2. The summed E-state index contributed by atoms with van der Waals surface area (Å²) >= 11 is 0. The van der Waals surface area contributed by atoms with Crippen LogP contribution in [0.3, 0.4) is 0 Å². The summed E-state index contributed by atoms with van der Waals surface area (Å²) in [6.45, 7) is 8.46. The van der Waals surface area contributed by atoms with Gasteiger partial charge in [0.25, 0.3) is 5.56 Å². The molecule has 0 spiro atoms. The fraction of sp³-hybridized carbons (Fsp3) is 0.368. The molecule has 4 aromatic rings. The first-order valence-corrected chi connectivity index (χ1v) is 15.9. The number of amides is 1. The molecule has 234 valence electrons. The molecular weight excluding hydrogens is 562 g/mol. The zero-order valence-corrected chi connectivity index (χ0v) is 26.6. The highest BCUT2D eigenvalue weighted by Crippen LogP contribution is 2.42. The number of hydrogen-bond acceptors (Lipinski definition) is 4. The van der Waals surface area contributed by atoms with Crippen LogP contribution in [0.5, 0.6) is 0 Å². The molecule has 45 heavy (non-hydrogen) atoms. The van der Waals surface area contributed by atoms with E-state index in [9.17, 15) is 19.5 Å². The number of anilines is 1. The number of carboxylic acids is 1. The van der Waals surface area contributed by atoms with Crippen LogP contribution in [0.25, 0.3) is 11.3 Å². The minimum Gasteiger partial charge on any atom is -0.481 e. The highest BCUT2D eigenvalue weighted by atomic mass is 16.4. The van der Waals surface area contributed by atoms with Crippen molar-refractivity contribution >= 4 is 17.6 Å². The predicted octanol–water partition coefficient (Wildman–Crippen LogP) is 7.78. The van der Waals surface area contributed by atoms with Crippen molar-refractivity contribution in [2.45, 2.75) is 78.2 Å². The predicted molar refractivity (Wildman–Crippen MR) is 178 cm³/mol. The smallest absolute Gasteiger partial charge is 0.303 e. The fourth-order valence-corrected chi connectivity index (χ4v) is 6.69. The molecule has 1 aliphatic carbocycles. The van der Waals surface area contributed by atoms with Crippen LogP contribution in [0.15, 0.2) is 89.7 Å². The van der Waals surface area contributed by atoms with E-state index in [-0.39, 0.29) is 41.1 Å². The van der Waals surface area contributed by atoms with E-state index >= 15 is 0 Å². The molecule has 1 saturated carbocycles. The van der Waals surface area contributed by atoms with Crippen LogP contribution >= 0.6 is 0 Å². The van der Waals surface area contributed by atoms with Crippen LogP contribution in [-0.4, -0.2) is 26.8 Å². The van der Waals surface area contributed by atoms with Gasteiger partial charge in [0, 0.05) is 17.3 Å². The van der Waals surface area contributed by atoms with E-state index in [0.717, 1.165) is 64.9 Å². The molecule has 1 aliphatic rings. The van der Waals surface area contributed by atoms with Gasteiger partial charge in [-0.15, -0.1) is 0 Å². The molecule has 2 atom stereocenters. The monoisotopic (exact) mass is 605 g/mol. The van der Waals surface area contributed by atoms with E-state index in [4.69, 9.17) is 0 Å². The van der Waals surface area contributed by atoms with E-state index < -0.39 is 5.97 Å². The maximum Gasteiger partial charge on any atom is 0.303 e. The van der Waals surface area contributed by atoms with Gasteiger partial charge in [-0.05, 0) is 71.4 Å². The number of carboxylic acid groups (broad SMARTS) is 1. The molecule has 0 saturated heterocycles. The second kappa shape index (κ2) is 13.6. The van der Waals surface area contributed by atoms with Crippen molar-refractivity contribution in [2.75, 3.05) is 5.32 Å². The number of nitrogens with one attached hydrogen (secondary N) is 1. The van der Waals surface area contributed by atoms with Gasteiger partial charge < -0.3 is 10.4 Å². The summed E-state index contributed by atoms with van der Waals surface area (Å²) in [7, 11) is 0. The molecule has 1 heterocycles. The van der Waals surface area contributed by atoms with E-state index in [1.54, 1.807) is 12.1 Å². The zero-order chi connectivity index (χ0) is 32.1. The SMILES string of the molecule is Cc1c(NC(=O)C(c2ccc(Cn3nc(-c4ccccc4)ccc3=O)cc2)C2CCCC2)cccc1C(CC(=O)O)C(C)(C)C. The summed E-state index contributed by atoms with van der Waals surface area (Å²) in [6.07, 6.45) is 4.23. The number of aliphatic carboxylic acids is 1. The number of benzene rings is 3. The Morgan fingerprint density at radius 3 is 2.27 bits per heavy atom. The third-order valence-corrected chi connectivity index (χ3v) is 9.19. The van der Waals surface area contributed by atoms with Crippen molar-refractivity contribution in [1.82, 2.24) is 9.78 Å². The molecule has 7 heteroatoms. The Hall–Kier alpha value is -4.52. The molecule has 1 amide bonds. The molecule has 7 nitrogen and oxygen atoms in total. The lowest BCUT2D eigenvalue weighted by Crippen LogP contribution is -2.27. The van der Waals surface area contributed by atoms with Crippen molar-refractivity contribution in [2.24, 2.45) is 11.3 Å². The summed E-state index contributed by atoms with van der Waals surface area (Å²) in [5.74, 6) is -1.16. The van der Waals surface area contributed by atoms with Crippen molar-refractivity contribution in [3.63, 3.8) is 0 Å². The van der Waals surface area contributed by atoms with Crippen LogP contribution in [0, 0.1) is 18.3 Å². The molecule has 3 aromatic carbocycles. The van der Waals surface area contributed by atoms with Gasteiger partial charge in [-0.3, -0.25) is 14.4 Å². The summed E-state index contributed by atoms with van der Waals surface area (Å²) in [5.41, 5.74) is 5.71. The van der Waals surface area contributed by atoms with Crippen LogP contribution in [0.4, 0.5) is 5.69 Å². The summed E-state index contributed by atoms with van der Waals surface area (Å²) in [4.78, 5) is 38.4. The largest absolute Gasteiger partial charge is 0.481 e. The highest BCUT2D eigenvalue weighted by molar-refractivity contribution is 5.97. The lowest BCUT2D eigenvalue weighted by molar-refractivity contribution is -0.138. The third-order valence-electron chi connectivity index (χ3n) is 9.19. The molecule has 2 N–H and O–H groups in total. The highest BCUT2D eigenvalue weighted by Gasteiger charge is 2.34. The average Bonchev–Trinajstić information content (AvgIpc) is 3.53. The summed E-state index contributed by atoms with van der Waals surface area (Å²) < 4.78 is 1.48. The minimum absolute atomic E-state index is 0.0248. The quantitative estimate of drug-likeness (QED) is 0.192. The van der Waals surface area contributed by atoms with Gasteiger partial charge in [0.1, 0.15) is 0 Å². The van der Waals surface area contributed by atoms with E-state index in [1.165, 1.54) is 4.68 Å². The number of hydrogen-bond donors (Lipinski definition) is 2. The van der Waals surface area contributed by atoms with Gasteiger partial charge >= 0.3 is 5.97 Å². The molecule has 1 fully saturated rings. The normalized spacial score (nSPS) is 15.0. The van der Waals surface area contributed by atoms with Crippen molar-refractivity contribution in [3.05, 3.63) is 118 Å². The number of aromatic nitrogens is 2. The van der Waals surface area contributed by atoms with Crippen LogP contribution in [0.2, 0.25) is 0 Å². The van der Waals surface area contributed by atoms with Gasteiger partial charge in [-0.25, -0.2) is 4.68 Å². The third kappa shape index (κ3) is 7.59. The second-order valence-corrected chi connectivity index (χ2v) is 13.4.